The number of carbonyl (C=O) groups is 3. The number of anilines is 1. The average Bonchev–Trinajstić information content (AvgIpc) is 3.49. The summed E-state index contributed by atoms with van der Waals surface area (Å²) >= 11 is 0. The molecule has 1 fully saturated rings. The molecule has 2 unspecified atom stereocenters. The number of carboxylic acids is 1. The summed E-state index contributed by atoms with van der Waals surface area (Å²) in [6.45, 7) is 0.401. The minimum absolute atomic E-state index is 0.103. The van der Waals surface area contributed by atoms with E-state index in [1.54, 1.807) is 35.2 Å². The van der Waals surface area contributed by atoms with Crippen molar-refractivity contribution in [2.24, 2.45) is 5.92 Å². The number of aliphatic carboxylic acids is 1. The zero-order valence-electron chi connectivity index (χ0n) is 19.6. The molecule has 0 bridgehead atoms. The Morgan fingerprint density at radius 1 is 0.919 bits per heavy atom. The van der Waals surface area contributed by atoms with Gasteiger partial charge in [0.25, 0.3) is 11.8 Å². The van der Waals surface area contributed by atoms with Crippen molar-refractivity contribution in [3.63, 3.8) is 0 Å². The van der Waals surface area contributed by atoms with Gasteiger partial charge in [0.15, 0.2) is 0 Å². The molecule has 3 aromatic rings. The van der Waals surface area contributed by atoms with E-state index in [2.05, 4.69) is 5.32 Å². The van der Waals surface area contributed by atoms with Gasteiger partial charge in [-0.25, -0.2) is 0 Å². The molecular formula is C28H23F3N2O4. The zero-order valence-corrected chi connectivity index (χ0v) is 19.6. The van der Waals surface area contributed by atoms with Gasteiger partial charge in [-0.2, -0.15) is 13.2 Å². The fourth-order valence-corrected chi connectivity index (χ4v) is 5.13. The number of alkyl halides is 3. The van der Waals surface area contributed by atoms with Gasteiger partial charge in [0, 0.05) is 29.4 Å². The Kier molecular flexibility index (Phi) is 6.23. The first-order valence-electron chi connectivity index (χ1n) is 11.9. The highest BCUT2D eigenvalue weighted by atomic mass is 19.4. The van der Waals surface area contributed by atoms with Gasteiger partial charge >= 0.3 is 12.1 Å². The first kappa shape index (κ1) is 24.5. The van der Waals surface area contributed by atoms with Gasteiger partial charge in [-0.15, -0.1) is 0 Å². The Labute approximate surface area is 210 Å². The zero-order chi connectivity index (χ0) is 26.3. The first-order valence-corrected chi connectivity index (χ1v) is 11.9. The van der Waals surface area contributed by atoms with E-state index in [1.807, 2.05) is 12.1 Å². The van der Waals surface area contributed by atoms with E-state index < -0.39 is 29.5 Å². The summed E-state index contributed by atoms with van der Waals surface area (Å²) in [7, 11) is 0. The molecule has 3 aromatic carbocycles. The van der Waals surface area contributed by atoms with Crippen LogP contribution in [0.5, 0.6) is 0 Å². The van der Waals surface area contributed by atoms with Gasteiger partial charge in [-0.3, -0.25) is 14.4 Å². The fraction of sp³-hybridized carbons (Fsp3) is 0.250. The van der Waals surface area contributed by atoms with Crippen molar-refractivity contribution in [3.8, 4) is 11.1 Å². The molecule has 190 valence electrons. The van der Waals surface area contributed by atoms with E-state index in [1.165, 1.54) is 0 Å². The van der Waals surface area contributed by atoms with Crippen molar-refractivity contribution in [2.75, 3.05) is 5.32 Å². The van der Waals surface area contributed by atoms with Crippen LogP contribution in [0.1, 0.15) is 51.1 Å². The molecule has 0 radical (unpaired) electrons. The lowest BCUT2D eigenvalue weighted by atomic mass is 10.00. The molecule has 2 N–H and O–H groups in total. The molecule has 5 rings (SSSR count). The second kappa shape index (κ2) is 9.38. The monoisotopic (exact) mass is 508 g/mol. The standard InChI is InChI=1S/C28H23F3N2O4/c29-28(30,31)20-10-6-17(7-11-20)25(34)32-21-12-8-16(9-13-21)18-4-5-19-15-33(26(35)23(19)14-18)24-3-1-2-22(24)27(36)37/h4-14,22,24H,1-3,15H2,(H,32,34)(H,36,37). The number of carboxylic acid groups (broad SMARTS) is 1. The van der Waals surface area contributed by atoms with Crippen LogP contribution in [0.4, 0.5) is 18.9 Å². The predicted molar refractivity (Wildman–Crippen MR) is 130 cm³/mol. The Morgan fingerprint density at radius 3 is 2.24 bits per heavy atom. The Morgan fingerprint density at radius 2 is 1.59 bits per heavy atom. The predicted octanol–water partition coefficient (Wildman–Crippen LogP) is 5.83. The largest absolute Gasteiger partial charge is 0.481 e. The van der Waals surface area contributed by atoms with Crippen molar-refractivity contribution in [1.82, 2.24) is 4.90 Å². The maximum absolute atomic E-state index is 13.1. The Bertz CT molecular complexity index is 1370. The van der Waals surface area contributed by atoms with Crippen LogP contribution in [0.25, 0.3) is 11.1 Å². The molecule has 0 aromatic heterocycles. The van der Waals surface area contributed by atoms with Crippen LogP contribution in [0.3, 0.4) is 0 Å². The highest BCUT2D eigenvalue weighted by Gasteiger charge is 2.42. The molecule has 1 aliphatic heterocycles. The molecule has 2 atom stereocenters. The number of hydrogen-bond donors (Lipinski definition) is 2. The Balaban J connectivity index is 1.28. The molecule has 37 heavy (non-hydrogen) atoms. The average molecular weight is 508 g/mol. The van der Waals surface area contributed by atoms with Crippen LogP contribution in [-0.4, -0.2) is 33.8 Å². The lowest BCUT2D eigenvalue weighted by Gasteiger charge is -2.27. The van der Waals surface area contributed by atoms with Crippen LogP contribution in [0, 0.1) is 5.92 Å². The number of nitrogens with one attached hydrogen (secondary N) is 1. The lowest BCUT2D eigenvalue weighted by Crippen LogP contribution is -2.40. The third-order valence-corrected chi connectivity index (χ3v) is 7.09. The molecular weight excluding hydrogens is 485 g/mol. The second-order valence-corrected chi connectivity index (χ2v) is 9.35. The second-order valence-electron chi connectivity index (χ2n) is 9.35. The van der Waals surface area contributed by atoms with Crippen LogP contribution >= 0.6 is 0 Å². The summed E-state index contributed by atoms with van der Waals surface area (Å²) in [5.74, 6) is -2.09. The van der Waals surface area contributed by atoms with Gasteiger partial charge in [0.05, 0.1) is 11.5 Å². The number of benzene rings is 3. The van der Waals surface area contributed by atoms with Gasteiger partial charge in [-0.05, 0) is 72.0 Å². The normalized spacial score (nSPS) is 19.1. The fourth-order valence-electron chi connectivity index (χ4n) is 5.13. The van der Waals surface area contributed by atoms with Crippen LogP contribution in [0.2, 0.25) is 0 Å². The van der Waals surface area contributed by atoms with Crippen molar-refractivity contribution in [1.29, 1.82) is 0 Å². The summed E-state index contributed by atoms with van der Waals surface area (Å²) in [4.78, 5) is 38.9. The summed E-state index contributed by atoms with van der Waals surface area (Å²) in [6, 6.07) is 16.2. The summed E-state index contributed by atoms with van der Waals surface area (Å²) in [5.41, 5.74) is 2.79. The molecule has 1 saturated carbocycles. The number of halogens is 3. The van der Waals surface area contributed by atoms with Gasteiger partial charge in [0.2, 0.25) is 0 Å². The third kappa shape index (κ3) is 4.81. The minimum atomic E-state index is -4.47. The molecule has 6 nitrogen and oxygen atoms in total. The molecule has 2 amide bonds. The summed E-state index contributed by atoms with van der Waals surface area (Å²) in [6.07, 6.45) is -2.42. The maximum Gasteiger partial charge on any atom is 0.416 e. The van der Waals surface area contributed by atoms with E-state index >= 15 is 0 Å². The van der Waals surface area contributed by atoms with Crippen LogP contribution in [-0.2, 0) is 17.5 Å². The number of amides is 2. The van der Waals surface area contributed by atoms with Crippen LogP contribution in [0.15, 0.2) is 66.7 Å². The summed E-state index contributed by atoms with van der Waals surface area (Å²) in [5, 5.41) is 12.2. The van der Waals surface area contributed by atoms with Crippen molar-refractivity contribution < 1.29 is 32.7 Å². The number of carbonyl (C=O) groups excluding carboxylic acids is 2. The highest BCUT2D eigenvalue weighted by molar-refractivity contribution is 6.04. The lowest BCUT2D eigenvalue weighted by molar-refractivity contribution is -0.143. The molecule has 1 aliphatic carbocycles. The Hall–Kier alpha value is -4.14. The number of rotatable bonds is 5. The molecule has 2 aliphatic rings. The van der Waals surface area contributed by atoms with E-state index in [0.29, 0.717) is 30.6 Å². The number of hydrogen-bond acceptors (Lipinski definition) is 3. The quantitative estimate of drug-likeness (QED) is 0.454. The van der Waals surface area contributed by atoms with E-state index in [9.17, 15) is 32.7 Å². The van der Waals surface area contributed by atoms with Crippen molar-refractivity contribution in [3.05, 3.63) is 89.0 Å². The molecule has 0 spiro atoms. The van der Waals surface area contributed by atoms with E-state index in [4.69, 9.17) is 0 Å². The molecule has 0 saturated heterocycles. The van der Waals surface area contributed by atoms with Gasteiger partial charge < -0.3 is 15.3 Å². The number of fused-ring (bicyclic) bond motifs is 1. The van der Waals surface area contributed by atoms with Gasteiger partial charge in [0.1, 0.15) is 0 Å². The topological polar surface area (TPSA) is 86.7 Å². The SMILES string of the molecule is O=C(Nc1ccc(-c2ccc3c(c2)C(=O)N(C2CCCC2C(=O)O)C3)cc1)c1ccc(C(F)(F)F)cc1. The van der Waals surface area contributed by atoms with E-state index in [0.717, 1.165) is 47.4 Å². The number of nitrogens with zero attached hydrogens (tertiary/aromatic N) is 1. The molecule has 1 heterocycles. The smallest absolute Gasteiger partial charge is 0.416 e. The first-order chi connectivity index (χ1) is 17.6. The van der Waals surface area contributed by atoms with E-state index in [-0.39, 0.29) is 17.5 Å². The minimum Gasteiger partial charge on any atom is -0.481 e. The summed E-state index contributed by atoms with van der Waals surface area (Å²) < 4.78 is 38.2. The van der Waals surface area contributed by atoms with Crippen molar-refractivity contribution in [2.45, 2.75) is 38.0 Å². The third-order valence-electron chi connectivity index (χ3n) is 7.09. The van der Waals surface area contributed by atoms with Crippen LogP contribution < -0.4 is 5.32 Å². The maximum atomic E-state index is 13.1. The highest BCUT2D eigenvalue weighted by Crippen LogP contribution is 2.37. The van der Waals surface area contributed by atoms with Crippen molar-refractivity contribution >= 4 is 23.5 Å². The van der Waals surface area contributed by atoms with Gasteiger partial charge in [-0.1, -0.05) is 30.7 Å². The molecule has 9 heteroatoms.